The minimum absolute atomic E-state index is 0.501. The van der Waals surface area contributed by atoms with Crippen LogP contribution >= 0.6 is 22.9 Å². The Morgan fingerprint density at radius 1 is 1.17 bits per heavy atom. The minimum atomic E-state index is 0.501. The van der Waals surface area contributed by atoms with Gasteiger partial charge < -0.3 is 5.73 Å². The van der Waals surface area contributed by atoms with Crippen molar-refractivity contribution >= 4 is 28.8 Å². The van der Waals surface area contributed by atoms with Crippen LogP contribution in [0, 0.1) is 0 Å². The summed E-state index contributed by atoms with van der Waals surface area (Å²) in [7, 11) is 0. The third-order valence-electron chi connectivity index (χ3n) is 2.69. The molecule has 5 heteroatoms. The molecular weight excluding hydrogens is 266 g/mol. The number of nitrogens with zero attached hydrogens (tertiary/aromatic N) is 1. The summed E-state index contributed by atoms with van der Waals surface area (Å²) < 4.78 is 0. The Hall–Kier alpha value is -1.78. The Labute approximate surface area is 113 Å². The van der Waals surface area contributed by atoms with Crippen molar-refractivity contribution in [2.75, 3.05) is 5.73 Å². The largest absolute Gasteiger partial charge is 0.382 e. The number of thiophene rings is 1. The van der Waals surface area contributed by atoms with Crippen LogP contribution in [0.25, 0.3) is 21.7 Å². The Morgan fingerprint density at radius 2 is 1.94 bits per heavy atom. The number of nitrogen functional groups attached to an aromatic ring is 1. The summed E-state index contributed by atoms with van der Waals surface area (Å²) in [5, 5.41) is 9.82. The normalized spacial score (nSPS) is 10.7. The van der Waals surface area contributed by atoms with Crippen LogP contribution in [-0.4, -0.2) is 10.2 Å². The van der Waals surface area contributed by atoms with Crippen molar-refractivity contribution < 1.29 is 0 Å². The van der Waals surface area contributed by atoms with Gasteiger partial charge in [-0.2, -0.15) is 5.10 Å². The minimum Gasteiger partial charge on any atom is -0.382 e. The van der Waals surface area contributed by atoms with Gasteiger partial charge in [0.2, 0.25) is 0 Å². The van der Waals surface area contributed by atoms with E-state index in [4.69, 9.17) is 17.3 Å². The molecular formula is C13H10ClN3S. The standard InChI is InChI=1S/C13H10ClN3S/c14-9-5-3-8(4-6-9)11-12(16-17-13(11)15)10-2-1-7-18-10/h1-7H,(H3,15,16,17). The van der Waals surface area contributed by atoms with E-state index in [0.29, 0.717) is 10.8 Å². The molecule has 3 aromatic rings. The fourth-order valence-corrected chi connectivity index (χ4v) is 2.72. The number of halogens is 1. The average molecular weight is 276 g/mol. The van der Waals surface area contributed by atoms with Crippen molar-refractivity contribution in [2.45, 2.75) is 0 Å². The van der Waals surface area contributed by atoms with E-state index in [9.17, 15) is 0 Å². The van der Waals surface area contributed by atoms with Gasteiger partial charge in [-0.05, 0) is 29.1 Å². The molecule has 1 aromatic carbocycles. The smallest absolute Gasteiger partial charge is 0.153 e. The predicted octanol–water partition coefficient (Wildman–Crippen LogP) is 4.04. The maximum atomic E-state index is 5.95. The third-order valence-corrected chi connectivity index (χ3v) is 3.83. The van der Waals surface area contributed by atoms with E-state index in [2.05, 4.69) is 10.2 Å². The lowest BCUT2D eigenvalue weighted by atomic mass is 10.0. The SMILES string of the molecule is Nc1n[nH]c(-c2cccs2)c1-c1ccc(Cl)cc1. The van der Waals surface area contributed by atoms with E-state index in [-0.39, 0.29) is 0 Å². The summed E-state index contributed by atoms with van der Waals surface area (Å²) in [4.78, 5) is 1.11. The molecule has 3 N–H and O–H groups in total. The van der Waals surface area contributed by atoms with Gasteiger partial charge >= 0.3 is 0 Å². The van der Waals surface area contributed by atoms with Gasteiger partial charge in [-0.1, -0.05) is 29.8 Å². The Kier molecular flexibility index (Phi) is 2.81. The monoisotopic (exact) mass is 275 g/mol. The first kappa shape index (κ1) is 11.3. The first-order valence-corrected chi connectivity index (χ1v) is 6.65. The third kappa shape index (κ3) is 1.89. The zero-order valence-electron chi connectivity index (χ0n) is 9.35. The molecule has 90 valence electrons. The molecule has 0 aliphatic rings. The van der Waals surface area contributed by atoms with Gasteiger partial charge in [0.05, 0.1) is 16.1 Å². The topological polar surface area (TPSA) is 54.7 Å². The van der Waals surface area contributed by atoms with Crippen LogP contribution in [0.15, 0.2) is 41.8 Å². The molecule has 0 atom stereocenters. The first-order valence-electron chi connectivity index (χ1n) is 5.39. The second-order valence-electron chi connectivity index (χ2n) is 3.84. The molecule has 18 heavy (non-hydrogen) atoms. The molecule has 0 unspecified atom stereocenters. The molecule has 2 aromatic heterocycles. The van der Waals surface area contributed by atoms with E-state index < -0.39 is 0 Å². The summed E-state index contributed by atoms with van der Waals surface area (Å²) >= 11 is 7.55. The van der Waals surface area contributed by atoms with E-state index >= 15 is 0 Å². The number of hydrogen-bond donors (Lipinski definition) is 2. The number of aromatic nitrogens is 2. The maximum Gasteiger partial charge on any atom is 0.153 e. The first-order chi connectivity index (χ1) is 8.75. The van der Waals surface area contributed by atoms with Gasteiger partial charge in [-0.25, -0.2) is 0 Å². The maximum absolute atomic E-state index is 5.95. The molecule has 0 radical (unpaired) electrons. The molecule has 0 bridgehead atoms. The molecule has 0 saturated heterocycles. The summed E-state index contributed by atoms with van der Waals surface area (Å²) in [6, 6.07) is 11.6. The highest BCUT2D eigenvalue weighted by Crippen LogP contribution is 2.36. The zero-order valence-corrected chi connectivity index (χ0v) is 10.9. The van der Waals surface area contributed by atoms with Crippen LogP contribution in [-0.2, 0) is 0 Å². The van der Waals surface area contributed by atoms with Crippen molar-refractivity contribution in [1.29, 1.82) is 0 Å². The van der Waals surface area contributed by atoms with Crippen molar-refractivity contribution in [2.24, 2.45) is 0 Å². The molecule has 3 nitrogen and oxygen atoms in total. The molecule has 0 amide bonds. The highest BCUT2D eigenvalue weighted by Gasteiger charge is 2.15. The van der Waals surface area contributed by atoms with Crippen molar-refractivity contribution in [1.82, 2.24) is 10.2 Å². The number of hydrogen-bond acceptors (Lipinski definition) is 3. The molecule has 0 aliphatic carbocycles. The van der Waals surface area contributed by atoms with Crippen molar-refractivity contribution in [3.63, 3.8) is 0 Å². The van der Waals surface area contributed by atoms with E-state index in [1.54, 1.807) is 11.3 Å². The highest BCUT2D eigenvalue weighted by molar-refractivity contribution is 7.13. The van der Waals surface area contributed by atoms with Crippen LogP contribution < -0.4 is 5.73 Å². The lowest BCUT2D eigenvalue weighted by molar-refractivity contribution is 1.11. The van der Waals surface area contributed by atoms with Crippen LogP contribution in [0.4, 0.5) is 5.82 Å². The van der Waals surface area contributed by atoms with Gasteiger partial charge in [0.25, 0.3) is 0 Å². The Bertz CT molecular complexity index is 656. The predicted molar refractivity (Wildman–Crippen MR) is 76.8 cm³/mol. The van der Waals surface area contributed by atoms with E-state index in [0.717, 1.165) is 21.7 Å². The summed E-state index contributed by atoms with van der Waals surface area (Å²) in [6.45, 7) is 0. The van der Waals surface area contributed by atoms with Crippen LogP contribution in [0.2, 0.25) is 5.02 Å². The van der Waals surface area contributed by atoms with Gasteiger partial charge in [0.1, 0.15) is 0 Å². The zero-order chi connectivity index (χ0) is 12.5. The summed E-state index contributed by atoms with van der Waals surface area (Å²) in [5.41, 5.74) is 8.83. The average Bonchev–Trinajstić information content (AvgIpc) is 2.99. The second-order valence-corrected chi connectivity index (χ2v) is 5.23. The Morgan fingerprint density at radius 3 is 2.61 bits per heavy atom. The molecule has 0 spiro atoms. The van der Waals surface area contributed by atoms with Gasteiger partial charge in [0, 0.05) is 5.02 Å². The van der Waals surface area contributed by atoms with Gasteiger partial charge in [0.15, 0.2) is 5.82 Å². The number of nitrogens with two attached hydrogens (primary N) is 1. The molecule has 0 saturated carbocycles. The van der Waals surface area contributed by atoms with E-state index in [1.165, 1.54) is 0 Å². The van der Waals surface area contributed by atoms with Crippen LogP contribution in [0.3, 0.4) is 0 Å². The quantitative estimate of drug-likeness (QED) is 0.741. The molecule has 3 rings (SSSR count). The van der Waals surface area contributed by atoms with Gasteiger partial charge in [-0.15, -0.1) is 11.3 Å². The summed E-state index contributed by atoms with van der Waals surface area (Å²) in [6.07, 6.45) is 0. The number of H-pyrrole nitrogens is 1. The molecule has 0 aliphatic heterocycles. The molecule has 2 heterocycles. The fraction of sp³-hybridized carbons (Fsp3) is 0. The Balaban J connectivity index is 2.17. The second kappa shape index (κ2) is 4.48. The number of rotatable bonds is 2. The highest BCUT2D eigenvalue weighted by atomic mass is 35.5. The number of aromatic amines is 1. The fourth-order valence-electron chi connectivity index (χ4n) is 1.86. The number of benzene rings is 1. The van der Waals surface area contributed by atoms with Crippen molar-refractivity contribution in [3.8, 4) is 21.7 Å². The van der Waals surface area contributed by atoms with E-state index in [1.807, 2.05) is 41.8 Å². The number of anilines is 1. The van der Waals surface area contributed by atoms with Crippen LogP contribution in [0.5, 0.6) is 0 Å². The lowest BCUT2D eigenvalue weighted by Gasteiger charge is -2.03. The number of nitrogens with one attached hydrogen (secondary N) is 1. The molecule has 0 fully saturated rings. The van der Waals surface area contributed by atoms with Gasteiger partial charge in [-0.3, -0.25) is 5.10 Å². The van der Waals surface area contributed by atoms with Crippen molar-refractivity contribution in [3.05, 3.63) is 46.8 Å². The van der Waals surface area contributed by atoms with Crippen LogP contribution in [0.1, 0.15) is 0 Å². The summed E-state index contributed by atoms with van der Waals surface area (Å²) in [5.74, 6) is 0.501. The lowest BCUT2D eigenvalue weighted by Crippen LogP contribution is -1.88.